The Kier molecular flexibility index (Phi) is 3.86. The maximum Gasteiger partial charge on any atom is 0.255 e. The number of hydrogen-bond donors (Lipinski definition) is 3. The molecule has 0 aliphatic carbocycles. The molecule has 2 aromatic carbocycles. The summed E-state index contributed by atoms with van der Waals surface area (Å²) in [4.78, 5) is 12.1. The lowest BCUT2D eigenvalue weighted by molar-refractivity contribution is 0.102. The van der Waals surface area contributed by atoms with E-state index in [1.165, 1.54) is 18.2 Å². The molecule has 0 bridgehead atoms. The molecule has 2 aromatic rings. The van der Waals surface area contributed by atoms with Crippen LogP contribution in [0.25, 0.3) is 0 Å². The van der Waals surface area contributed by atoms with Gasteiger partial charge in [-0.25, -0.2) is 0 Å². The van der Waals surface area contributed by atoms with Crippen LogP contribution in [0.4, 0.5) is 11.4 Å². The van der Waals surface area contributed by atoms with Crippen LogP contribution >= 0.6 is 11.6 Å². The van der Waals surface area contributed by atoms with Gasteiger partial charge < -0.3 is 16.2 Å². The molecular formula is C15H15ClN2O2. The summed E-state index contributed by atoms with van der Waals surface area (Å²) in [5.74, 6) is -0.345. The molecule has 0 spiro atoms. The van der Waals surface area contributed by atoms with Gasteiger partial charge in [0.1, 0.15) is 5.75 Å². The van der Waals surface area contributed by atoms with Crippen LogP contribution in [0, 0.1) is 13.8 Å². The fourth-order valence-corrected chi connectivity index (χ4v) is 2.00. The zero-order chi connectivity index (χ0) is 14.9. The number of anilines is 2. The number of aromatic hydroxyl groups is 1. The number of amides is 1. The van der Waals surface area contributed by atoms with Crippen LogP contribution in [0.3, 0.4) is 0 Å². The van der Waals surface area contributed by atoms with E-state index in [4.69, 9.17) is 17.3 Å². The quantitative estimate of drug-likeness (QED) is 0.741. The average molecular weight is 291 g/mol. The zero-order valence-electron chi connectivity index (χ0n) is 11.2. The van der Waals surface area contributed by atoms with Crippen LogP contribution in [0.5, 0.6) is 5.75 Å². The maximum absolute atomic E-state index is 12.1. The van der Waals surface area contributed by atoms with E-state index in [9.17, 15) is 9.90 Å². The lowest BCUT2D eigenvalue weighted by Crippen LogP contribution is -2.13. The summed E-state index contributed by atoms with van der Waals surface area (Å²) in [7, 11) is 0. The van der Waals surface area contributed by atoms with Crippen LogP contribution in [0.1, 0.15) is 21.5 Å². The summed E-state index contributed by atoms with van der Waals surface area (Å²) in [6, 6.07) is 7.96. The van der Waals surface area contributed by atoms with Gasteiger partial charge in [0.05, 0.1) is 5.02 Å². The van der Waals surface area contributed by atoms with E-state index in [-0.39, 0.29) is 16.7 Å². The number of benzene rings is 2. The Morgan fingerprint density at radius 2 is 1.90 bits per heavy atom. The van der Waals surface area contributed by atoms with Crippen molar-refractivity contribution < 1.29 is 9.90 Å². The zero-order valence-corrected chi connectivity index (χ0v) is 12.0. The van der Waals surface area contributed by atoms with Crippen molar-refractivity contribution in [1.82, 2.24) is 0 Å². The van der Waals surface area contributed by atoms with Gasteiger partial charge in [0.15, 0.2) is 0 Å². The lowest BCUT2D eigenvalue weighted by atomic mass is 10.1. The van der Waals surface area contributed by atoms with E-state index in [0.29, 0.717) is 16.9 Å². The van der Waals surface area contributed by atoms with E-state index in [0.717, 1.165) is 11.1 Å². The minimum atomic E-state index is -0.292. The largest absolute Gasteiger partial charge is 0.506 e. The van der Waals surface area contributed by atoms with Gasteiger partial charge in [-0.1, -0.05) is 11.6 Å². The Morgan fingerprint density at radius 1 is 1.20 bits per heavy atom. The lowest BCUT2D eigenvalue weighted by Gasteiger charge is -2.11. The van der Waals surface area contributed by atoms with Crippen molar-refractivity contribution >= 4 is 28.9 Å². The first kappa shape index (κ1) is 14.2. The highest BCUT2D eigenvalue weighted by atomic mass is 35.5. The molecule has 0 fully saturated rings. The third-order valence-corrected chi connectivity index (χ3v) is 3.37. The molecule has 0 saturated carbocycles. The normalized spacial score (nSPS) is 10.3. The fraction of sp³-hybridized carbons (Fsp3) is 0.133. The number of carbonyl (C=O) groups excluding carboxylic acids is 1. The van der Waals surface area contributed by atoms with Crippen molar-refractivity contribution in [2.45, 2.75) is 13.8 Å². The first-order chi connectivity index (χ1) is 9.38. The van der Waals surface area contributed by atoms with Crippen LogP contribution in [-0.2, 0) is 0 Å². The summed E-state index contributed by atoms with van der Waals surface area (Å²) in [5, 5.41) is 12.3. The first-order valence-corrected chi connectivity index (χ1v) is 6.43. The summed E-state index contributed by atoms with van der Waals surface area (Å²) < 4.78 is 0. The number of rotatable bonds is 2. The Balaban J connectivity index is 2.27. The van der Waals surface area contributed by atoms with Crippen LogP contribution in [-0.4, -0.2) is 11.0 Å². The van der Waals surface area contributed by atoms with Gasteiger partial charge >= 0.3 is 0 Å². The van der Waals surface area contributed by atoms with Gasteiger partial charge in [-0.3, -0.25) is 4.79 Å². The van der Waals surface area contributed by atoms with Crippen molar-refractivity contribution in [3.05, 3.63) is 52.0 Å². The number of nitrogen functional groups attached to an aromatic ring is 1. The summed E-state index contributed by atoms with van der Waals surface area (Å²) in [6.45, 7) is 3.75. The molecule has 0 unspecified atom stereocenters. The molecular weight excluding hydrogens is 276 g/mol. The molecule has 0 saturated heterocycles. The number of aryl methyl sites for hydroxylation is 2. The molecule has 0 aromatic heterocycles. The summed E-state index contributed by atoms with van der Waals surface area (Å²) >= 11 is 5.79. The standard InChI is InChI=1S/C15H15ClN2O2/c1-8-6-13(9(2)5-12(8)17)18-15(20)10-3-4-14(19)11(16)7-10/h3-7,19H,17H2,1-2H3,(H,18,20). The molecule has 1 amide bonds. The highest BCUT2D eigenvalue weighted by Crippen LogP contribution is 2.25. The van der Waals surface area contributed by atoms with E-state index < -0.39 is 0 Å². The summed E-state index contributed by atoms with van der Waals surface area (Å²) in [5.41, 5.74) is 9.35. The van der Waals surface area contributed by atoms with E-state index >= 15 is 0 Å². The van der Waals surface area contributed by atoms with Gasteiger partial charge in [-0.05, 0) is 55.3 Å². The number of phenolic OH excluding ortho intramolecular Hbond substituents is 1. The van der Waals surface area contributed by atoms with Crippen LogP contribution < -0.4 is 11.1 Å². The number of nitrogens with two attached hydrogens (primary N) is 1. The number of hydrogen-bond acceptors (Lipinski definition) is 3. The first-order valence-electron chi connectivity index (χ1n) is 6.05. The highest BCUT2D eigenvalue weighted by molar-refractivity contribution is 6.32. The minimum absolute atomic E-state index is 0.0530. The monoisotopic (exact) mass is 290 g/mol. The van der Waals surface area contributed by atoms with Crippen molar-refractivity contribution in [1.29, 1.82) is 0 Å². The Labute approximate surface area is 122 Å². The van der Waals surface area contributed by atoms with E-state index in [1.54, 1.807) is 0 Å². The van der Waals surface area contributed by atoms with Gasteiger partial charge in [0.25, 0.3) is 5.91 Å². The molecule has 0 radical (unpaired) electrons. The van der Waals surface area contributed by atoms with Crippen molar-refractivity contribution in [3.63, 3.8) is 0 Å². The van der Waals surface area contributed by atoms with Crippen LogP contribution in [0.2, 0.25) is 5.02 Å². The molecule has 4 N–H and O–H groups in total. The van der Waals surface area contributed by atoms with E-state index in [1.807, 2.05) is 26.0 Å². The number of halogens is 1. The smallest absolute Gasteiger partial charge is 0.255 e. The second-order valence-corrected chi connectivity index (χ2v) is 5.05. The number of phenols is 1. The highest BCUT2D eigenvalue weighted by Gasteiger charge is 2.11. The molecule has 4 nitrogen and oxygen atoms in total. The summed E-state index contributed by atoms with van der Waals surface area (Å²) in [6.07, 6.45) is 0. The van der Waals surface area contributed by atoms with Gasteiger partial charge in [0.2, 0.25) is 0 Å². The predicted molar refractivity (Wildman–Crippen MR) is 81.4 cm³/mol. The second kappa shape index (κ2) is 5.43. The number of carbonyl (C=O) groups is 1. The fourth-order valence-electron chi connectivity index (χ4n) is 1.82. The SMILES string of the molecule is Cc1cc(NC(=O)c2ccc(O)c(Cl)c2)c(C)cc1N. The Morgan fingerprint density at radius 3 is 2.55 bits per heavy atom. The molecule has 0 atom stereocenters. The Bertz CT molecular complexity index is 684. The van der Waals surface area contributed by atoms with Gasteiger partial charge in [-0.2, -0.15) is 0 Å². The van der Waals surface area contributed by atoms with Crippen LogP contribution in [0.15, 0.2) is 30.3 Å². The predicted octanol–water partition coefficient (Wildman–Crippen LogP) is 3.50. The third-order valence-electron chi connectivity index (χ3n) is 3.07. The van der Waals surface area contributed by atoms with E-state index in [2.05, 4.69) is 5.32 Å². The third kappa shape index (κ3) is 2.86. The molecule has 0 aliphatic rings. The van der Waals surface area contributed by atoms with Gasteiger partial charge in [-0.15, -0.1) is 0 Å². The van der Waals surface area contributed by atoms with Crippen molar-refractivity contribution in [2.75, 3.05) is 11.1 Å². The van der Waals surface area contributed by atoms with Crippen molar-refractivity contribution in [2.24, 2.45) is 0 Å². The molecule has 2 rings (SSSR count). The minimum Gasteiger partial charge on any atom is -0.506 e. The molecule has 104 valence electrons. The second-order valence-electron chi connectivity index (χ2n) is 4.64. The maximum atomic E-state index is 12.1. The molecule has 0 heterocycles. The topological polar surface area (TPSA) is 75.3 Å². The molecule has 20 heavy (non-hydrogen) atoms. The van der Waals surface area contributed by atoms with Crippen molar-refractivity contribution in [3.8, 4) is 5.75 Å². The average Bonchev–Trinajstić information content (AvgIpc) is 2.39. The Hall–Kier alpha value is -2.20. The molecule has 5 heteroatoms. The molecule has 0 aliphatic heterocycles. The number of nitrogens with one attached hydrogen (secondary N) is 1. The van der Waals surface area contributed by atoms with Gasteiger partial charge in [0, 0.05) is 16.9 Å².